The van der Waals surface area contributed by atoms with Crippen LogP contribution in [0.5, 0.6) is 0 Å². The number of rotatable bonds is 2. The Morgan fingerprint density at radius 3 is 2.39 bits per heavy atom. The van der Waals surface area contributed by atoms with Crippen molar-refractivity contribution in [1.29, 1.82) is 0 Å². The van der Waals surface area contributed by atoms with Crippen molar-refractivity contribution in [2.45, 2.75) is 72.9 Å². The number of aryl methyl sites for hydroxylation is 3. The molecule has 3 aromatic rings. The molecular weight excluding hydrogens is 398 g/mol. The molecule has 3 aromatic carbocycles. The quantitative estimate of drug-likeness (QED) is 0.392. The monoisotopic (exact) mass is 433 g/mol. The van der Waals surface area contributed by atoms with Crippen LogP contribution in [-0.4, -0.2) is 0 Å². The first kappa shape index (κ1) is 20.8. The van der Waals surface area contributed by atoms with Gasteiger partial charge in [0.25, 0.3) is 0 Å². The molecule has 2 aliphatic heterocycles. The summed E-state index contributed by atoms with van der Waals surface area (Å²) in [7, 11) is 0. The van der Waals surface area contributed by atoms with Gasteiger partial charge in [-0.2, -0.15) is 0 Å². The van der Waals surface area contributed by atoms with Crippen molar-refractivity contribution < 1.29 is 0 Å². The zero-order valence-electron chi connectivity index (χ0n) is 21.1. The van der Waals surface area contributed by atoms with Crippen LogP contribution in [0.4, 0.5) is 5.69 Å². The summed E-state index contributed by atoms with van der Waals surface area (Å²) in [6, 6.07) is 17.2. The van der Waals surface area contributed by atoms with Crippen molar-refractivity contribution in [3.05, 3.63) is 93.0 Å². The molecule has 0 saturated heterocycles. The van der Waals surface area contributed by atoms with Gasteiger partial charge in [0.05, 0.1) is 6.04 Å². The van der Waals surface area contributed by atoms with Crippen LogP contribution in [0.25, 0.3) is 16.7 Å². The van der Waals surface area contributed by atoms with Gasteiger partial charge in [0, 0.05) is 23.2 Å². The third-order valence-electron chi connectivity index (χ3n) is 8.23. The van der Waals surface area contributed by atoms with Crippen molar-refractivity contribution in [2.24, 2.45) is 5.92 Å². The van der Waals surface area contributed by atoms with Gasteiger partial charge in [-0.1, -0.05) is 75.2 Å². The summed E-state index contributed by atoms with van der Waals surface area (Å²) < 4.78 is 0. The molecule has 2 heterocycles. The smallest absolute Gasteiger partial charge is 0.0740 e. The number of hydrogen-bond acceptors (Lipinski definition) is 1. The third-order valence-corrected chi connectivity index (χ3v) is 8.23. The Kier molecular flexibility index (Phi) is 4.32. The fourth-order valence-corrected chi connectivity index (χ4v) is 6.64. The Morgan fingerprint density at radius 1 is 0.879 bits per heavy atom. The largest absolute Gasteiger partial charge is 0.356 e. The predicted octanol–water partition coefficient (Wildman–Crippen LogP) is 8.42. The van der Waals surface area contributed by atoms with Crippen LogP contribution < -0.4 is 4.90 Å². The van der Waals surface area contributed by atoms with E-state index < -0.39 is 0 Å². The summed E-state index contributed by atoms with van der Waals surface area (Å²) in [5, 5.41) is 0. The van der Waals surface area contributed by atoms with Crippen molar-refractivity contribution in [3.8, 4) is 11.1 Å². The molecule has 1 nitrogen and oxygen atoms in total. The van der Waals surface area contributed by atoms with E-state index in [0.29, 0.717) is 12.0 Å². The fourth-order valence-electron chi connectivity index (χ4n) is 6.64. The predicted molar refractivity (Wildman–Crippen MR) is 141 cm³/mol. The molecule has 1 unspecified atom stereocenters. The molecule has 0 saturated carbocycles. The first-order valence-electron chi connectivity index (χ1n) is 12.5. The van der Waals surface area contributed by atoms with Crippen molar-refractivity contribution >= 4 is 11.3 Å². The van der Waals surface area contributed by atoms with Crippen LogP contribution in [-0.2, 0) is 12.0 Å². The molecular formula is C32H35N. The summed E-state index contributed by atoms with van der Waals surface area (Å²) >= 11 is 0. The molecule has 0 spiro atoms. The van der Waals surface area contributed by atoms with E-state index >= 15 is 0 Å². The molecule has 0 fully saturated rings. The second-order valence-electron chi connectivity index (χ2n) is 11.6. The van der Waals surface area contributed by atoms with Crippen molar-refractivity contribution in [1.82, 2.24) is 0 Å². The molecule has 168 valence electrons. The lowest BCUT2D eigenvalue weighted by molar-refractivity contribution is 0.655. The van der Waals surface area contributed by atoms with Crippen LogP contribution in [0.2, 0.25) is 0 Å². The maximum atomic E-state index is 2.67. The molecule has 3 aliphatic rings. The van der Waals surface area contributed by atoms with Crippen LogP contribution in [0.3, 0.4) is 0 Å². The summed E-state index contributed by atoms with van der Waals surface area (Å²) in [6.07, 6.45) is 3.70. The number of hydrogen-bond donors (Lipinski definition) is 0. The van der Waals surface area contributed by atoms with E-state index in [2.05, 4.69) is 102 Å². The van der Waals surface area contributed by atoms with Crippen LogP contribution >= 0.6 is 0 Å². The molecule has 33 heavy (non-hydrogen) atoms. The highest BCUT2D eigenvalue weighted by atomic mass is 15.2. The second-order valence-corrected chi connectivity index (χ2v) is 11.6. The van der Waals surface area contributed by atoms with Crippen molar-refractivity contribution in [3.63, 3.8) is 0 Å². The van der Waals surface area contributed by atoms with Crippen LogP contribution in [0.15, 0.2) is 48.5 Å². The minimum Gasteiger partial charge on any atom is -0.356 e. The molecule has 1 aliphatic carbocycles. The molecule has 0 amide bonds. The highest BCUT2D eigenvalue weighted by Gasteiger charge is 2.40. The van der Waals surface area contributed by atoms with Gasteiger partial charge in [-0.15, -0.1) is 0 Å². The molecule has 0 radical (unpaired) electrons. The van der Waals surface area contributed by atoms with Gasteiger partial charge in [-0.25, -0.2) is 0 Å². The zero-order valence-corrected chi connectivity index (χ0v) is 21.1. The zero-order chi connectivity index (χ0) is 23.2. The average molecular weight is 434 g/mol. The third kappa shape index (κ3) is 2.91. The van der Waals surface area contributed by atoms with E-state index in [1.54, 1.807) is 0 Å². The van der Waals surface area contributed by atoms with E-state index in [4.69, 9.17) is 0 Å². The fraction of sp³-hybridized carbons (Fsp3) is 0.375. The summed E-state index contributed by atoms with van der Waals surface area (Å²) in [5.41, 5.74) is 17.4. The summed E-state index contributed by atoms with van der Waals surface area (Å²) in [6.45, 7) is 17.2. The van der Waals surface area contributed by atoms with Gasteiger partial charge in [-0.05, 0) is 89.8 Å². The average Bonchev–Trinajstić information content (AvgIpc) is 3.20. The SMILES string of the molecule is Cc1cc(C)c2c(c1)C1C=C(CC(C)C)c3cc4c(cc3N1C2)C(C)(C)c1cc(C)ccc1-4. The van der Waals surface area contributed by atoms with Gasteiger partial charge < -0.3 is 4.90 Å². The van der Waals surface area contributed by atoms with E-state index in [9.17, 15) is 0 Å². The normalized spacial score (nSPS) is 19.1. The summed E-state index contributed by atoms with van der Waals surface area (Å²) in [4.78, 5) is 2.67. The lowest BCUT2D eigenvalue weighted by Crippen LogP contribution is -2.26. The first-order valence-corrected chi connectivity index (χ1v) is 12.5. The van der Waals surface area contributed by atoms with E-state index in [1.807, 2.05) is 0 Å². The minimum absolute atomic E-state index is 0.0274. The number of benzene rings is 3. The van der Waals surface area contributed by atoms with Crippen molar-refractivity contribution in [2.75, 3.05) is 4.90 Å². The van der Waals surface area contributed by atoms with Gasteiger partial charge >= 0.3 is 0 Å². The van der Waals surface area contributed by atoms with Gasteiger partial charge in [0.2, 0.25) is 0 Å². The van der Waals surface area contributed by atoms with E-state index in [-0.39, 0.29) is 5.41 Å². The first-order chi connectivity index (χ1) is 15.6. The lowest BCUT2D eigenvalue weighted by atomic mass is 9.80. The van der Waals surface area contributed by atoms with Gasteiger partial charge in [0.1, 0.15) is 0 Å². The standard InChI is InChI=1S/C32H35N/c1-18(2)10-22-14-30-26-12-20(4)11-21(5)27(26)17-33(30)31-16-29-25(15-24(22)31)23-9-8-19(3)13-28(23)32(29,6)7/h8-9,11-16,18,30H,10,17H2,1-7H3. The Bertz CT molecular complexity index is 1350. The second kappa shape index (κ2) is 6.86. The lowest BCUT2D eigenvalue weighted by Gasteiger charge is -2.35. The van der Waals surface area contributed by atoms with Crippen LogP contribution in [0, 0.1) is 26.7 Å². The van der Waals surface area contributed by atoms with Crippen LogP contribution in [0.1, 0.15) is 84.7 Å². The van der Waals surface area contributed by atoms with E-state index in [0.717, 1.165) is 13.0 Å². The Balaban J connectivity index is 1.59. The number of fused-ring (bicyclic) bond motifs is 8. The number of anilines is 1. The number of nitrogens with zero attached hydrogens (tertiary/aromatic N) is 1. The Hall–Kier alpha value is -2.80. The molecule has 0 N–H and O–H groups in total. The Labute approximate surface area is 199 Å². The topological polar surface area (TPSA) is 3.24 Å². The molecule has 1 heteroatoms. The highest BCUT2D eigenvalue weighted by Crippen LogP contribution is 2.55. The highest BCUT2D eigenvalue weighted by molar-refractivity contribution is 5.91. The Morgan fingerprint density at radius 2 is 1.64 bits per heavy atom. The van der Waals surface area contributed by atoms with E-state index in [1.165, 1.54) is 66.9 Å². The molecule has 0 bridgehead atoms. The maximum Gasteiger partial charge on any atom is 0.0740 e. The molecule has 0 aromatic heterocycles. The summed E-state index contributed by atoms with van der Waals surface area (Å²) in [5.74, 6) is 0.635. The molecule has 1 atom stereocenters. The minimum atomic E-state index is 0.0274. The number of allylic oxidation sites excluding steroid dienone is 1. The maximum absolute atomic E-state index is 2.67. The van der Waals surface area contributed by atoms with Gasteiger partial charge in [-0.3, -0.25) is 0 Å². The van der Waals surface area contributed by atoms with Gasteiger partial charge in [0.15, 0.2) is 0 Å². The molecule has 6 rings (SSSR count).